The van der Waals surface area contributed by atoms with Gasteiger partial charge in [0.15, 0.2) is 0 Å². The van der Waals surface area contributed by atoms with E-state index < -0.39 is 0 Å². The van der Waals surface area contributed by atoms with Crippen molar-refractivity contribution < 1.29 is 0 Å². The van der Waals surface area contributed by atoms with Gasteiger partial charge in [0.25, 0.3) is 0 Å². The topological polar surface area (TPSA) is 87.5 Å². The van der Waals surface area contributed by atoms with Crippen molar-refractivity contribution >= 4 is 24.1 Å². The van der Waals surface area contributed by atoms with Crippen LogP contribution in [-0.2, 0) is 0 Å². The van der Waals surface area contributed by atoms with Gasteiger partial charge in [-0.05, 0) is 36.4 Å². The molecule has 3 aromatic heterocycles. The predicted molar refractivity (Wildman–Crippen MR) is 95.1 cm³/mol. The van der Waals surface area contributed by atoms with Crippen LogP contribution >= 0.6 is 0 Å². The molecule has 0 bridgehead atoms. The van der Waals surface area contributed by atoms with Crippen molar-refractivity contribution in [2.45, 2.75) is 0 Å². The fraction of sp³-hybridized carbons (Fsp3) is 0. The first-order chi connectivity index (χ1) is 11.9. The second-order valence-corrected chi connectivity index (χ2v) is 4.66. The van der Waals surface area contributed by atoms with E-state index in [-0.39, 0.29) is 0 Å². The van der Waals surface area contributed by atoms with E-state index in [1.807, 2.05) is 54.6 Å². The molecule has 0 atom stereocenters. The molecule has 0 radical (unpaired) electrons. The smallest absolute Gasteiger partial charge is 0.146 e. The molecule has 0 aliphatic rings. The Labute approximate surface area is 139 Å². The Bertz CT molecular complexity index is 750. The monoisotopic (exact) mass is 317 g/mol. The zero-order valence-electron chi connectivity index (χ0n) is 12.7. The third-order valence-electron chi connectivity index (χ3n) is 2.87. The van der Waals surface area contributed by atoms with Crippen LogP contribution in [-0.4, -0.2) is 27.4 Å². The Morgan fingerprint density at radius 2 is 1.21 bits per heavy atom. The minimum Gasteiger partial charge on any atom is -0.261 e. The van der Waals surface area contributed by atoms with Gasteiger partial charge < -0.3 is 0 Å². The lowest BCUT2D eigenvalue weighted by Crippen LogP contribution is -1.98. The van der Waals surface area contributed by atoms with Crippen molar-refractivity contribution in [1.82, 2.24) is 15.0 Å². The predicted octanol–water partition coefficient (Wildman–Crippen LogP) is 2.76. The second-order valence-electron chi connectivity index (χ2n) is 4.66. The highest BCUT2D eigenvalue weighted by Crippen LogP contribution is 2.01. The van der Waals surface area contributed by atoms with Crippen molar-refractivity contribution in [1.29, 1.82) is 0 Å². The van der Waals surface area contributed by atoms with Gasteiger partial charge in [-0.1, -0.05) is 18.2 Å². The average molecular weight is 317 g/mol. The molecule has 0 unspecified atom stereocenters. The lowest BCUT2D eigenvalue weighted by molar-refractivity contribution is 1.21. The number of aromatic nitrogens is 3. The van der Waals surface area contributed by atoms with Crippen molar-refractivity contribution in [2.24, 2.45) is 10.2 Å². The molecule has 3 heterocycles. The number of hydrogen-bond donors (Lipinski definition) is 2. The van der Waals surface area contributed by atoms with Gasteiger partial charge in [0.2, 0.25) is 0 Å². The SMILES string of the molecule is C(=N\Nc1ccccn1)/c1cccc(/C=N/Nc2ccccn2)n1. The Hall–Kier alpha value is -3.61. The van der Waals surface area contributed by atoms with Crippen LogP contribution in [0.5, 0.6) is 0 Å². The maximum atomic E-state index is 4.42. The number of hydrazone groups is 2. The summed E-state index contributed by atoms with van der Waals surface area (Å²) in [5.74, 6) is 1.34. The minimum absolute atomic E-state index is 0.672. The van der Waals surface area contributed by atoms with Gasteiger partial charge in [0.1, 0.15) is 11.6 Å². The third kappa shape index (κ3) is 4.70. The molecule has 0 spiro atoms. The molecule has 0 aliphatic heterocycles. The van der Waals surface area contributed by atoms with Crippen LogP contribution in [0.1, 0.15) is 11.4 Å². The summed E-state index contributed by atoms with van der Waals surface area (Å²) in [7, 11) is 0. The fourth-order valence-electron chi connectivity index (χ4n) is 1.80. The van der Waals surface area contributed by atoms with E-state index in [9.17, 15) is 0 Å². The Kier molecular flexibility index (Phi) is 5.18. The highest BCUT2D eigenvalue weighted by molar-refractivity contribution is 5.82. The second kappa shape index (κ2) is 8.14. The molecule has 0 aromatic carbocycles. The number of rotatable bonds is 6. The summed E-state index contributed by atoms with van der Waals surface area (Å²) in [5.41, 5.74) is 7.10. The van der Waals surface area contributed by atoms with Gasteiger partial charge in [-0.25, -0.2) is 15.0 Å². The van der Waals surface area contributed by atoms with Gasteiger partial charge in [-0.2, -0.15) is 10.2 Å². The van der Waals surface area contributed by atoms with Gasteiger partial charge >= 0.3 is 0 Å². The first kappa shape index (κ1) is 15.3. The van der Waals surface area contributed by atoms with E-state index in [0.29, 0.717) is 23.0 Å². The first-order valence-corrected chi connectivity index (χ1v) is 7.27. The lowest BCUT2D eigenvalue weighted by Gasteiger charge is -1.99. The van der Waals surface area contributed by atoms with Crippen LogP contribution in [0.2, 0.25) is 0 Å². The van der Waals surface area contributed by atoms with E-state index in [2.05, 4.69) is 36.0 Å². The molecule has 2 N–H and O–H groups in total. The standard InChI is InChI=1S/C17H15N7/c1-3-10-18-16(8-1)23-20-12-14-6-5-7-15(22-14)13-21-24-17-9-2-4-11-19-17/h1-13H,(H,18,23)(H,19,24)/b20-12+,21-13+. The molecular weight excluding hydrogens is 302 g/mol. The van der Waals surface area contributed by atoms with Gasteiger partial charge in [0.05, 0.1) is 23.8 Å². The summed E-state index contributed by atoms with van der Waals surface area (Å²) >= 11 is 0. The van der Waals surface area contributed by atoms with Crippen LogP contribution in [0.25, 0.3) is 0 Å². The first-order valence-electron chi connectivity index (χ1n) is 7.27. The fourth-order valence-corrected chi connectivity index (χ4v) is 1.80. The number of anilines is 2. The molecule has 0 saturated heterocycles. The summed E-state index contributed by atoms with van der Waals surface area (Å²) < 4.78 is 0. The lowest BCUT2D eigenvalue weighted by atomic mass is 10.3. The highest BCUT2D eigenvalue weighted by atomic mass is 15.3. The van der Waals surface area contributed by atoms with Crippen molar-refractivity contribution in [3.63, 3.8) is 0 Å². The summed E-state index contributed by atoms with van der Waals surface area (Å²) in [6, 6.07) is 16.7. The maximum Gasteiger partial charge on any atom is 0.146 e. The summed E-state index contributed by atoms with van der Waals surface area (Å²) in [4.78, 5) is 12.6. The van der Waals surface area contributed by atoms with Crippen molar-refractivity contribution in [2.75, 3.05) is 10.9 Å². The van der Waals surface area contributed by atoms with E-state index in [0.717, 1.165) is 0 Å². The molecule has 0 fully saturated rings. The minimum atomic E-state index is 0.672. The van der Waals surface area contributed by atoms with Gasteiger partial charge in [0, 0.05) is 12.4 Å². The van der Waals surface area contributed by atoms with E-state index in [4.69, 9.17) is 0 Å². The Balaban J connectivity index is 1.59. The largest absolute Gasteiger partial charge is 0.261 e. The van der Waals surface area contributed by atoms with Gasteiger partial charge in [-0.3, -0.25) is 10.9 Å². The summed E-state index contributed by atoms with van der Waals surface area (Å²) in [5, 5.41) is 8.22. The normalized spacial score (nSPS) is 11.0. The Morgan fingerprint density at radius 3 is 1.67 bits per heavy atom. The highest BCUT2D eigenvalue weighted by Gasteiger charge is 1.94. The molecule has 24 heavy (non-hydrogen) atoms. The third-order valence-corrected chi connectivity index (χ3v) is 2.87. The number of pyridine rings is 3. The van der Waals surface area contributed by atoms with E-state index >= 15 is 0 Å². The number of nitrogens with one attached hydrogen (secondary N) is 2. The molecule has 118 valence electrons. The van der Waals surface area contributed by atoms with E-state index in [1.54, 1.807) is 24.8 Å². The summed E-state index contributed by atoms with van der Waals surface area (Å²) in [6.07, 6.45) is 6.64. The molecular formula is C17H15N7. The molecule has 3 aromatic rings. The average Bonchev–Trinajstić information content (AvgIpc) is 2.64. The molecule has 0 amide bonds. The number of nitrogens with zero attached hydrogens (tertiary/aromatic N) is 5. The van der Waals surface area contributed by atoms with Gasteiger partial charge in [-0.15, -0.1) is 0 Å². The molecule has 0 aliphatic carbocycles. The Morgan fingerprint density at radius 1 is 0.667 bits per heavy atom. The van der Waals surface area contributed by atoms with Crippen LogP contribution in [0.15, 0.2) is 77.2 Å². The maximum absolute atomic E-state index is 4.42. The molecule has 0 saturated carbocycles. The van der Waals surface area contributed by atoms with Crippen molar-refractivity contribution in [3.05, 3.63) is 78.4 Å². The van der Waals surface area contributed by atoms with Crippen LogP contribution in [0.3, 0.4) is 0 Å². The van der Waals surface area contributed by atoms with Crippen LogP contribution in [0.4, 0.5) is 11.6 Å². The zero-order chi connectivity index (χ0) is 16.5. The van der Waals surface area contributed by atoms with Crippen LogP contribution < -0.4 is 10.9 Å². The van der Waals surface area contributed by atoms with E-state index in [1.165, 1.54) is 0 Å². The zero-order valence-corrected chi connectivity index (χ0v) is 12.7. The van der Waals surface area contributed by atoms with Crippen LogP contribution in [0, 0.1) is 0 Å². The van der Waals surface area contributed by atoms with Crippen molar-refractivity contribution in [3.8, 4) is 0 Å². The number of hydrogen-bond acceptors (Lipinski definition) is 7. The summed E-state index contributed by atoms with van der Waals surface area (Å²) in [6.45, 7) is 0. The quantitative estimate of drug-likeness (QED) is 0.539. The molecule has 3 rings (SSSR count). The molecule has 7 heteroatoms. The molecule has 7 nitrogen and oxygen atoms in total.